The minimum atomic E-state index is -0.154. The fraction of sp³-hybridized carbons (Fsp3) is 0.0588. The molecule has 3 aromatic rings. The molecule has 0 aliphatic rings. The van der Waals surface area contributed by atoms with Gasteiger partial charge in [-0.15, -0.1) is 5.11 Å². The lowest BCUT2D eigenvalue weighted by Crippen LogP contribution is -1.86. The van der Waals surface area contributed by atoms with E-state index in [9.17, 15) is 9.90 Å². The molecule has 1 N–H and O–H groups in total. The van der Waals surface area contributed by atoms with Crippen molar-refractivity contribution < 1.29 is 14.6 Å². The molecule has 0 radical (unpaired) electrons. The van der Waals surface area contributed by atoms with Crippen LogP contribution >= 0.6 is 0 Å². The van der Waals surface area contributed by atoms with Gasteiger partial charge in [-0.25, -0.2) is 0 Å². The first-order valence-electron chi connectivity index (χ1n) is 6.84. The average Bonchev–Trinajstić information content (AvgIpc) is 2.62. The predicted molar refractivity (Wildman–Crippen MR) is 86.0 cm³/mol. The van der Waals surface area contributed by atoms with Crippen LogP contribution in [0.2, 0.25) is 0 Å². The smallest absolute Gasteiger partial charge is 0.153 e. The van der Waals surface area contributed by atoms with Crippen LogP contribution in [0.4, 0.5) is 11.4 Å². The molecule has 0 bridgehead atoms. The van der Waals surface area contributed by atoms with Crippen LogP contribution in [0.25, 0.3) is 10.9 Å². The highest BCUT2D eigenvalue weighted by Crippen LogP contribution is 2.34. The van der Waals surface area contributed by atoms with Crippen LogP contribution in [0.5, 0.6) is 11.5 Å². The quantitative estimate of drug-likeness (QED) is 0.579. The summed E-state index contributed by atoms with van der Waals surface area (Å²) < 4.78 is 5.09. The molecule has 0 unspecified atom stereocenters. The minimum Gasteiger partial charge on any atom is -0.505 e. The second-order valence-corrected chi connectivity index (χ2v) is 4.75. The monoisotopic (exact) mass is 307 g/mol. The van der Waals surface area contributed by atoms with Crippen LogP contribution in [0, 0.1) is 0 Å². The highest BCUT2D eigenvalue weighted by Gasteiger charge is 2.11. The van der Waals surface area contributed by atoms with Gasteiger partial charge in [0.1, 0.15) is 11.3 Å². The van der Waals surface area contributed by atoms with Gasteiger partial charge in [-0.1, -0.05) is 0 Å². The van der Waals surface area contributed by atoms with Crippen LogP contribution in [-0.2, 0) is 0 Å². The van der Waals surface area contributed by atoms with Gasteiger partial charge in [0.05, 0.1) is 24.0 Å². The minimum absolute atomic E-state index is 0.125. The lowest BCUT2D eigenvalue weighted by atomic mass is 10.1. The Morgan fingerprint density at radius 1 is 1.17 bits per heavy atom. The second kappa shape index (κ2) is 6.23. The molecule has 1 aromatic heterocycles. The van der Waals surface area contributed by atoms with E-state index >= 15 is 0 Å². The van der Waals surface area contributed by atoms with E-state index in [1.165, 1.54) is 6.07 Å². The van der Waals surface area contributed by atoms with Gasteiger partial charge < -0.3 is 9.84 Å². The number of hydrogen-bond donors (Lipinski definition) is 1. The molecule has 23 heavy (non-hydrogen) atoms. The molecule has 3 rings (SSSR count). The van der Waals surface area contributed by atoms with Crippen molar-refractivity contribution in [3.8, 4) is 11.5 Å². The largest absolute Gasteiger partial charge is 0.505 e. The van der Waals surface area contributed by atoms with E-state index < -0.39 is 0 Å². The van der Waals surface area contributed by atoms with E-state index in [1.54, 1.807) is 49.7 Å². The Hall–Kier alpha value is -3.28. The van der Waals surface area contributed by atoms with Gasteiger partial charge in [-0.05, 0) is 42.5 Å². The number of aldehydes is 1. The summed E-state index contributed by atoms with van der Waals surface area (Å²) in [5.41, 5.74) is 1.55. The summed E-state index contributed by atoms with van der Waals surface area (Å²) in [5, 5.41) is 19.0. The molecule has 0 fully saturated rings. The van der Waals surface area contributed by atoms with Gasteiger partial charge >= 0.3 is 0 Å². The van der Waals surface area contributed by atoms with Crippen molar-refractivity contribution in [3.63, 3.8) is 0 Å². The number of carbonyl (C=O) groups is 1. The molecule has 114 valence electrons. The molecule has 1 heterocycles. The molecule has 0 amide bonds. The highest BCUT2D eigenvalue weighted by molar-refractivity contribution is 6.00. The lowest BCUT2D eigenvalue weighted by Gasteiger charge is -2.05. The Labute approximate surface area is 132 Å². The topological polar surface area (TPSA) is 84.1 Å². The van der Waals surface area contributed by atoms with Gasteiger partial charge in [0, 0.05) is 11.6 Å². The van der Waals surface area contributed by atoms with Gasteiger partial charge in [-0.3, -0.25) is 9.78 Å². The van der Waals surface area contributed by atoms with Crippen LogP contribution in [-0.4, -0.2) is 23.5 Å². The van der Waals surface area contributed by atoms with Crippen LogP contribution < -0.4 is 4.74 Å². The van der Waals surface area contributed by atoms with E-state index in [1.807, 2.05) is 0 Å². The van der Waals surface area contributed by atoms with Gasteiger partial charge in [0.2, 0.25) is 0 Å². The Kier molecular flexibility index (Phi) is 3.97. The number of phenols is 1. The highest BCUT2D eigenvalue weighted by atomic mass is 16.5. The maximum atomic E-state index is 11.1. The zero-order valence-electron chi connectivity index (χ0n) is 12.3. The first kappa shape index (κ1) is 14.6. The normalized spacial score (nSPS) is 11.0. The molecular weight excluding hydrogens is 294 g/mol. The summed E-state index contributed by atoms with van der Waals surface area (Å²) in [6.45, 7) is 0. The van der Waals surface area contributed by atoms with E-state index in [-0.39, 0.29) is 11.3 Å². The lowest BCUT2D eigenvalue weighted by molar-refractivity contribution is 0.112. The van der Waals surface area contributed by atoms with E-state index in [4.69, 9.17) is 4.74 Å². The summed E-state index contributed by atoms with van der Waals surface area (Å²) in [7, 11) is 1.59. The standard InChI is InChI=1S/C17H13N3O3/c1-23-13-6-4-12(5-7-13)19-20-15-9-11(10-21)17(22)16-14(15)3-2-8-18-16/h2-10,22H,1H3. The number of pyridine rings is 1. The Bertz CT molecular complexity index is 889. The molecule has 0 saturated carbocycles. The van der Waals surface area contributed by atoms with Gasteiger partial charge in [-0.2, -0.15) is 5.11 Å². The van der Waals surface area contributed by atoms with Crippen LogP contribution in [0.15, 0.2) is 58.9 Å². The van der Waals surface area contributed by atoms with Crippen molar-refractivity contribution in [1.82, 2.24) is 4.98 Å². The Morgan fingerprint density at radius 2 is 1.96 bits per heavy atom. The summed E-state index contributed by atoms with van der Waals surface area (Å²) in [6, 6.07) is 12.1. The molecule has 6 nitrogen and oxygen atoms in total. The number of fused-ring (bicyclic) bond motifs is 1. The maximum absolute atomic E-state index is 11.1. The summed E-state index contributed by atoms with van der Waals surface area (Å²) in [5.74, 6) is 0.575. The number of methoxy groups -OCH3 is 1. The third-order valence-corrected chi connectivity index (χ3v) is 3.35. The van der Waals surface area contributed by atoms with Gasteiger partial charge in [0.15, 0.2) is 12.0 Å². The summed E-state index contributed by atoms with van der Waals surface area (Å²) in [6.07, 6.45) is 2.11. The molecule has 0 spiro atoms. The number of aromatic nitrogens is 1. The number of rotatable bonds is 4. The first-order valence-corrected chi connectivity index (χ1v) is 6.84. The zero-order chi connectivity index (χ0) is 16.2. The van der Waals surface area contributed by atoms with Crippen molar-refractivity contribution >= 4 is 28.6 Å². The number of hydrogen-bond acceptors (Lipinski definition) is 6. The molecule has 0 aliphatic heterocycles. The number of aromatic hydroxyl groups is 1. The third-order valence-electron chi connectivity index (χ3n) is 3.35. The van der Waals surface area contributed by atoms with E-state index in [0.29, 0.717) is 28.6 Å². The fourth-order valence-corrected chi connectivity index (χ4v) is 2.16. The molecule has 6 heteroatoms. The summed E-state index contributed by atoms with van der Waals surface area (Å²) >= 11 is 0. The number of azo groups is 1. The Morgan fingerprint density at radius 3 is 2.65 bits per heavy atom. The molecule has 2 aromatic carbocycles. The van der Waals surface area contributed by atoms with E-state index in [2.05, 4.69) is 15.2 Å². The molecule has 0 aliphatic carbocycles. The number of carbonyl (C=O) groups excluding carboxylic acids is 1. The SMILES string of the molecule is COc1ccc(N=Nc2cc(C=O)c(O)c3ncccc23)cc1. The van der Waals surface area contributed by atoms with Crippen molar-refractivity contribution in [2.75, 3.05) is 7.11 Å². The van der Waals surface area contributed by atoms with E-state index in [0.717, 1.165) is 5.75 Å². The first-order chi connectivity index (χ1) is 11.2. The average molecular weight is 307 g/mol. The van der Waals surface area contributed by atoms with Crippen molar-refractivity contribution in [2.45, 2.75) is 0 Å². The number of nitrogens with zero attached hydrogens (tertiary/aromatic N) is 3. The fourth-order valence-electron chi connectivity index (χ4n) is 2.16. The number of phenolic OH excluding ortho intramolecular Hbond substituents is 1. The maximum Gasteiger partial charge on any atom is 0.153 e. The number of benzene rings is 2. The third kappa shape index (κ3) is 2.87. The zero-order valence-corrected chi connectivity index (χ0v) is 12.3. The Balaban J connectivity index is 2.06. The summed E-state index contributed by atoms with van der Waals surface area (Å²) in [4.78, 5) is 15.2. The second-order valence-electron chi connectivity index (χ2n) is 4.75. The van der Waals surface area contributed by atoms with Crippen LogP contribution in [0.3, 0.4) is 0 Å². The van der Waals surface area contributed by atoms with Crippen molar-refractivity contribution in [3.05, 3.63) is 54.2 Å². The molecule has 0 atom stereocenters. The van der Waals surface area contributed by atoms with Crippen LogP contribution in [0.1, 0.15) is 10.4 Å². The van der Waals surface area contributed by atoms with Crippen molar-refractivity contribution in [2.24, 2.45) is 10.2 Å². The molecular formula is C17H13N3O3. The van der Waals surface area contributed by atoms with Crippen molar-refractivity contribution in [1.29, 1.82) is 0 Å². The molecule has 0 saturated heterocycles. The number of ether oxygens (including phenoxy) is 1. The van der Waals surface area contributed by atoms with Gasteiger partial charge in [0.25, 0.3) is 0 Å². The predicted octanol–water partition coefficient (Wildman–Crippen LogP) is 4.18.